The third kappa shape index (κ3) is 1.94. The van der Waals surface area contributed by atoms with Crippen LogP contribution in [-0.4, -0.2) is 4.98 Å². The van der Waals surface area contributed by atoms with Gasteiger partial charge in [0.05, 0.1) is 5.52 Å². The van der Waals surface area contributed by atoms with E-state index >= 15 is 0 Å². The van der Waals surface area contributed by atoms with E-state index in [0.29, 0.717) is 0 Å². The van der Waals surface area contributed by atoms with Gasteiger partial charge in [0.15, 0.2) is 0 Å². The Labute approximate surface area is 163 Å². The normalized spacial score (nSPS) is 12.8. The van der Waals surface area contributed by atoms with Crippen molar-refractivity contribution in [2.75, 3.05) is 0 Å². The van der Waals surface area contributed by atoms with Crippen LogP contribution in [0.3, 0.4) is 0 Å². The van der Waals surface area contributed by atoms with Crippen LogP contribution in [-0.2, 0) is 5.41 Å². The molecule has 6 aromatic rings. The number of hydrogen-bond acceptors (Lipinski definition) is 1. The first-order valence-electron chi connectivity index (χ1n) is 9.91. The van der Waals surface area contributed by atoms with E-state index in [1.54, 1.807) is 0 Å². The van der Waals surface area contributed by atoms with E-state index in [9.17, 15) is 0 Å². The van der Waals surface area contributed by atoms with Gasteiger partial charge in [0.25, 0.3) is 0 Å². The zero-order valence-corrected chi connectivity index (χ0v) is 16.4. The van der Waals surface area contributed by atoms with Crippen molar-refractivity contribution < 1.29 is 0 Å². The fraction of sp³-hybridized carbons (Fsp3) is 0.148. The lowest BCUT2D eigenvalue weighted by atomic mass is 9.83. The summed E-state index contributed by atoms with van der Waals surface area (Å²) >= 11 is 0. The summed E-state index contributed by atoms with van der Waals surface area (Å²) in [5.41, 5.74) is 2.59. The maximum atomic E-state index is 4.86. The molecular weight excluding hydrogens is 338 g/mol. The smallest absolute Gasteiger partial charge is 0.0793 e. The van der Waals surface area contributed by atoms with Gasteiger partial charge in [-0.05, 0) is 55.4 Å². The molecule has 0 unspecified atom stereocenters. The molecule has 1 heteroatoms. The number of hydrogen-bond donors (Lipinski definition) is 0. The predicted molar refractivity (Wildman–Crippen MR) is 122 cm³/mol. The second-order valence-electron chi connectivity index (χ2n) is 8.87. The van der Waals surface area contributed by atoms with Crippen molar-refractivity contribution in [2.24, 2.45) is 0 Å². The van der Waals surface area contributed by atoms with Crippen molar-refractivity contribution in [1.82, 2.24) is 4.98 Å². The largest absolute Gasteiger partial charge is 0.256 e. The molecule has 0 saturated heterocycles. The molecule has 0 bridgehead atoms. The van der Waals surface area contributed by atoms with Gasteiger partial charge in [-0.3, -0.25) is 4.98 Å². The molecule has 0 N–H and O–H groups in total. The molecule has 134 valence electrons. The lowest BCUT2D eigenvalue weighted by molar-refractivity contribution is 0.591. The number of nitrogens with zero attached hydrogens (tertiary/aromatic N) is 1. The number of rotatable bonds is 0. The molecule has 1 nitrogen and oxygen atoms in total. The average molecular weight is 359 g/mol. The van der Waals surface area contributed by atoms with Crippen LogP contribution < -0.4 is 0 Å². The molecule has 0 aliphatic carbocycles. The van der Waals surface area contributed by atoms with Crippen LogP contribution >= 0.6 is 0 Å². The van der Waals surface area contributed by atoms with E-state index in [1.807, 2.05) is 6.20 Å². The SMILES string of the molecule is CC(C)(C)c1ccc2c(c1)c1cccc3c4ccccc4c4ccnc2c4c31. The van der Waals surface area contributed by atoms with Gasteiger partial charge in [0, 0.05) is 22.4 Å². The monoisotopic (exact) mass is 359 g/mol. The molecule has 0 radical (unpaired) electrons. The fourth-order valence-electron chi connectivity index (χ4n) is 4.81. The molecule has 0 saturated carbocycles. The molecule has 0 aliphatic rings. The van der Waals surface area contributed by atoms with Crippen molar-refractivity contribution in [1.29, 1.82) is 0 Å². The standard InChI is InChI=1S/C27H21N/c1-27(2,3)16-11-12-22-23(15-16)20-10-6-9-19-17-7-4-5-8-18(17)21-13-14-28-26(22)25(21)24(19)20/h4-15H,1-3H3. The average Bonchev–Trinajstić information content (AvgIpc) is 2.72. The van der Waals surface area contributed by atoms with Gasteiger partial charge < -0.3 is 0 Å². The number of pyridine rings is 1. The van der Waals surface area contributed by atoms with Crippen molar-refractivity contribution in [2.45, 2.75) is 26.2 Å². The first-order valence-corrected chi connectivity index (χ1v) is 9.91. The summed E-state index contributed by atoms with van der Waals surface area (Å²) in [6, 6.07) is 24.6. The van der Waals surface area contributed by atoms with Crippen LogP contribution in [0.1, 0.15) is 26.3 Å². The molecule has 1 aromatic heterocycles. The van der Waals surface area contributed by atoms with Gasteiger partial charge in [-0.2, -0.15) is 0 Å². The van der Waals surface area contributed by atoms with E-state index in [-0.39, 0.29) is 5.41 Å². The third-order valence-corrected chi connectivity index (χ3v) is 6.20. The Bertz CT molecular complexity index is 1530. The Morgan fingerprint density at radius 2 is 1.21 bits per heavy atom. The van der Waals surface area contributed by atoms with E-state index in [1.165, 1.54) is 54.0 Å². The minimum atomic E-state index is 0.117. The highest BCUT2D eigenvalue weighted by molar-refractivity contribution is 6.39. The Morgan fingerprint density at radius 1 is 0.571 bits per heavy atom. The second-order valence-corrected chi connectivity index (χ2v) is 8.87. The van der Waals surface area contributed by atoms with Gasteiger partial charge in [0.1, 0.15) is 0 Å². The quantitative estimate of drug-likeness (QED) is 0.201. The number of fused-ring (bicyclic) bond motifs is 6. The minimum Gasteiger partial charge on any atom is -0.256 e. The third-order valence-electron chi connectivity index (χ3n) is 6.20. The van der Waals surface area contributed by atoms with Crippen LogP contribution in [0.5, 0.6) is 0 Å². The van der Waals surface area contributed by atoms with Gasteiger partial charge in [-0.1, -0.05) is 75.4 Å². The van der Waals surface area contributed by atoms with Crippen molar-refractivity contribution >= 4 is 54.0 Å². The zero-order valence-electron chi connectivity index (χ0n) is 16.4. The van der Waals surface area contributed by atoms with E-state index in [0.717, 1.165) is 5.52 Å². The Kier molecular flexibility index (Phi) is 2.94. The Balaban J connectivity index is 1.99. The first-order chi connectivity index (χ1) is 13.5. The summed E-state index contributed by atoms with van der Waals surface area (Å²) in [7, 11) is 0. The zero-order chi connectivity index (χ0) is 19.0. The van der Waals surface area contributed by atoms with Crippen molar-refractivity contribution in [3.05, 3.63) is 78.5 Å². The lowest BCUT2D eigenvalue weighted by Gasteiger charge is -2.21. The predicted octanol–water partition coefficient (Wildman–Crippen LogP) is 7.58. The summed E-state index contributed by atoms with van der Waals surface area (Å²) < 4.78 is 0. The number of aromatic nitrogens is 1. The van der Waals surface area contributed by atoms with Crippen LogP contribution in [0, 0.1) is 0 Å². The van der Waals surface area contributed by atoms with Gasteiger partial charge >= 0.3 is 0 Å². The van der Waals surface area contributed by atoms with E-state index in [2.05, 4.69) is 87.5 Å². The second kappa shape index (κ2) is 5.20. The van der Waals surface area contributed by atoms with E-state index in [4.69, 9.17) is 4.98 Å². The van der Waals surface area contributed by atoms with Crippen LogP contribution in [0.25, 0.3) is 54.0 Å². The van der Waals surface area contributed by atoms with Gasteiger partial charge in [-0.15, -0.1) is 0 Å². The summed E-state index contributed by atoms with van der Waals surface area (Å²) in [5.74, 6) is 0. The van der Waals surface area contributed by atoms with Crippen molar-refractivity contribution in [3.8, 4) is 0 Å². The molecule has 1 heterocycles. The summed E-state index contributed by atoms with van der Waals surface area (Å²) in [4.78, 5) is 4.86. The molecule has 28 heavy (non-hydrogen) atoms. The van der Waals surface area contributed by atoms with E-state index < -0.39 is 0 Å². The highest BCUT2D eigenvalue weighted by atomic mass is 14.7. The summed E-state index contributed by atoms with van der Waals surface area (Å²) in [6.45, 7) is 6.83. The molecule has 0 amide bonds. The molecular formula is C27H21N. The van der Waals surface area contributed by atoms with Crippen LogP contribution in [0.15, 0.2) is 72.9 Å². The maximum absolute atomic E-state index is 4.86. The molecule has 0 atom stereocenters. The molecule has 0 spiro atoms. The fourth-order valence-corrected chi connectivity index (χ4v) is 4.81. The lowest BCUT2D eigenvalue weighted by Crippen LogP contribution is -2.10. The Hall–Kier alpha value is -3.19. The number of benzene rings is 5. The van der Waals surface area contributed by atoms with Crippen LogP contribution in [0.2, 0.25) is 0 Å². The highest BCUT2D eigenvalue weighted by Gasteiger charge is 2.19. The van der Waals surface area contributed by atoms with Gasteiger partial charge in [0.2, 0.25) is 0 Å². The first kappa shape index (κ1) is 15.8. The summed E-state index contributed by atoms with van der Waals surface area (Å²) in [6.07, 6.45) is 1.96. The van der Waals surface area contributed by atoms with Crippen molar-refractivity contribution in [3.63, 3.8) is 0 Å². The topological polar surface area (TPSA) is 12.9 Å². The molecule has 0 fully saturated rings. The minimum absolute atomic E-state index is 0.117. The summed E-state index contributed by atoms with van der Waals surface area (Å²) in [5, 5.41) is 11.8. The maximum Gasteiger partial charge on any atom is 0.0793 e. The molecule has 5 aromatic carbocycles. The van der Waals surface area contributed by atoms with Gasteiger partial charge in [-0.25, -0.2) is 0 Å². The Morgan fingerprint density at radius 3 is 1.93 bits per heavy atom. The van der Waals surface area contributed by atoms with Crippen LogP contribution in [0.4, 0.5) is 0 Å². The molecule has 6 rings (SSSR count). The molecule has 0 aliphatic heterocycles. The highest BCUT2D eigenvalue weighted by Crippen LogP contribution is 2.44.